The van der Waals surface area contributed by atoms with Gasteiger partial charge in [0.1, 0.15) is 11.3 Å². The number of amides is 5. The second kappa shape index (κ2) is 16.6. The summed E-state index contributed by atoms with van der Waals surface area (Å²) in [5.74, 6) is -0.780. The quantitative estimate of drug-likeness (QED) is 0.119. The van der Waals surface area contributed by atoms with E-state index >= 15 is 0 Å². The van der Waals surface area contributed by atoms with E-state index in [1.165, 1.54) is 7.05 Å². The number of nitrogen functional groups attached to an aromatic ring is 1. The molecule has 14 heteroatoms. The fourth-order valence-electron chi connectivity index (χ4n) is 4.45. The van der Waals surface area contributed by atoms with Gasteiger partial charge in [-0.25, -0.2) is 9.97 Å². The van der Waals surface area contributed by atoms with Crippen LogP contribution in [-0.2, 0) is 36.9 Å². The average molecular weight is 596 g/mol. The standard InChI is InChI=1S/C29H41N9O5/c1-3-4-11-21-37-27-28(19-9-5-6-10-20(19)36-29(27)30)38(21)15-8-7-14-32-22(39)12-13-23(40)33-17-25(42)35-18-26(43)34-16-24(41)31-2/h5-6,9-10H,3-4,7-8,11-18H2,1-2H3,(H2,30,36)(H,31,41)(H,32,39)(H,33,40)(H,34,43)(H,35,42). The van der Waals surface area contributed by atoms with Crippen molar-refractivity contribution in [1.82, 2.24) is 41.1 Å². The summed E-state index contributed by atoms with van der Waals surface area (Å²) < 4.78 is 2.23. The zero-order valence-electron chi connectivity index (χ0n) is 24.8. The summed E-state index contributed by atoms with van der Waals surface area (Å²) in [6.45, 7) is 2.47. The van der Waals surface area contributed by atoms with Crippen molar-refractivity contribution in [3.63, 3.8) is 0 Å². The van der Waals surface area contributed by atoms with Gasteiger partial charge in [0.25, 0.3) is 0 Å². The summed E-state index contributed by atoms with van der Waals surface area (Å²) in [5, 5.41) is 13.3. The van der Waals surface area contributed by atoms with E-state index in [2.05, 4.69) is 43.1 Å². The van der Waals surface area contributed by atoms with Gasteiger partial charge in [-0.1, -0.05) is 31.5 Å². The highest BCUT2D eigenvalue weighted by molar-refractivity contribution is 6.06. The smallest absolute Gasteiger partial charge is 0.239 e. The maximum Gasteiger partial charge on any atom is 0.239 e. The van der Waals surface area contributed by atoms with Crippen LogP contribution < -0.4 is 32.3 Å². The molecule has 0 bridgehead atoms. The molecule has 7 N–H and O–H groups in total. The molecule has 14 nitrogen and oxygen atoms in total. The minimum atomic E-state index is -0.566. The minimum absolute atomic E-state index is 0.0130. The first kappa shape index (κ1) is 32.8. The number of nitrogens with one attached hydrogen (secondary N) is 5. The van der Waals surface area contributed by atoms with Crippen LogP contribution in [0.15, 0.2) is 24.3 Å². The molecule has 0 atom stereocenters. The van der Waals surface area contributed by atoms with Gasteiger partial charge >= 0.3 is 0 Å². The molecule has 232 valence electrons. The molecule has 5 amide bonds. The molecule has 0 radical (unpaired) electrons. The summed E-state index contributed by atoms with van der Waals surface area (Å²) in [7, 11) is 1.44. The molecule has 3 rings (SSSR count). The van der Waals surface area contributed by atoms with Crippen molar-refractivity contribution >= 4 is 57.3 Å². The van der Waals surface area contributed by atoms with Crippen LogP contribution in [0.2, 0.25) is 0 Å². The number of anilines is 1. The largest absolute Gasteiger partial charge is 0.382 e. The van der Waals surface area contributed by atoms with E-state index in [0.717, 1.165) is 66.4 Å². The third-order valence-electron chi connectivity index (χ3n) is 6.77. The van der Waals surface area contributed by atoms with Gasteiger partial charge in [0.15, 0.2) is 5.82 Å². The molecular formula is C29H41N9O5. The Bertz CT molecular complexity index is 1450. The van der Waals surface area contributed by atoms with Crippen molar-refractivity contribution in [2.45, 2.75) is 58.4 Å². The van der Waals surface area contributed by atoms with E-state index in [0.29, 0.717) is 12.4 Å². The predicted octanol–water partition coefficient (Wildman–Crippen LogP) is 0.281. The maximum absolute atomic E-state index is 12.2. The van der Waals surface area contributed by atoms with Gasteiger partial charge in [-0.15, -0.1) is 0 Å². The highest BCUT2D eigenvalue weighted by Gasteiger charge is 2.17. The lowest BCUT2D eigenvalue weighted by Gasteiger charge is -2.11. The summed E-state index contributed by atoms with van der Waals surface area (Å²) in [5.41, 5.74) is 8.80. The van der Waals surface area contributed by atoms with Crippen molar-refractivity contribution < 1.29 is 24.0 Å². The number of aromatic nitrogens is 3. The molecule has 0 saturated carbocycles. The molecule has 0 saturated heterocycles. The van der Waals surface area contributed by atoms with Crippen molar-refractivity contribution in [3.05, 3.63) is 30.1 Å². The number of rotatable bonds is 17. The van der Waals surface area contributed by atoms with E-state index in [9.17, 15) is 24.0 Å². The Kier molecular flexibility index (Phi) is 12.7. The Hall–Kier alpha value is -4.75. The van der Waals surface area contributed by atoms with Crippen LogP contribution in [0.1, 0.15) is 51.3 Å². The number of unbranched alkanes of at least 4 members (excludes halogenated alkanes) is 2. The molecule has 3 aromatic rings. The number of fused-ring (bicyclic) bond motifs is 3. The minimum Gasteiger partial charge on any atom is -0.382 e. The second-order valence-corrected chi connectivity index (χ2v) is 10.1. The van der Waals surface area contributed by atoms with Gasteiger partial charge in [-0.05, 0) is 25.3 Å². The highest BCUT2D eigenvalue weighted by Crippen LogP contribution is 2.29. The van der Waals surface area contributed by atoms with Crippen molar-refractivity contribution in [1.29, 1.82) is 0 Å². The van der Waals surface area contributed by atoms with Gasteiger partial charge in [0, 0.05) is 44.8 Å². The molecule has 0 aliphatic carbocycles. The lowest BCUT2D eigenvalue weighted by Crippen LogP contribution is -2.44. The topological polar surface area (TPSA) is 202 Å². The normalized spacial score (nSPS) is 10.8. The fourth-order valence-corrected chi connectivity index (χ4v) is 4.45. The van der Waals surface area contributed by atoms with E-state index < -0.39 is 17.7 Å². The Morgan fingerprint density at radius 2 is 1.42 bits per heavy atom. The van der Waals surface area contributed by atoms with Crippen LogP contribution in [0.3, 0.4) is 0 Å². The van der Waals surface area contributed by atoms with Gasteiger partial charge in [0.05, 0.1) is 30.7 Å². The van der Waals surface area contributed by atoms with Crippen LogP contribution in [0.5, 0.6) is 0 Å². The second-order valence-electron chi connectivity index (χ2n) is 10.1. The predicted molar refractivity (Wildman–Crippen MR) is 163 cm³/mol. The first-order valence-electron chi connectivity index (χ1n) is 14.5. The van der Waals surface area contributed by atoms with E-state index in [1.54, 1.807) is 0 Å². The highest BCUT2D eigenvalue weighted by atomic mass is 16.2. The number of nitrogens with two attached hydrogens (primary N) is 1. The monoisotopic (exact) mass is 595 g/mol. The Morgan fingerprint density at radius 3 is 2.09 bits per heavy atom. The molecule has 0 unspecified atom stereocenters. The third kappa shape index (κ3) is 9.94. The molecule has 2 heterocycles. The van der Waals surface area contributed by atoms with Gasteiger partial charge < -0.3 is 36.9 Å². The third-order valence-corrected chi connectivity index (χ3v) is 6.77. The molecular weight excluding hydrogens is 554 g/mol. The van der Waals surface area contributed by atoms with Crippen molar-refractivity contribution in [2.24, 2.45) is 0 Å². The molecule has 0 aliphatic heterocycles. The lowest BCUT2D eigenvalue weighted by atomic mass is 10.1. The number of benzene rings is 1. The molecule has 0 spiro atoms. The summed E-state index contributed by atoms with van der Waals surface area (Å²) >= 11 is 0. The van der Waals surface area contributed by atoms with Crippen LogP contribution in [-0.4, -0.2) is 77.3 Å². The zero-order chi connectivity index (χ0) is 31.2. The van der Waals surface area contributed by atoms with E-state index in [4.69, 9.17) is 10.7 Å². The number of carbonyl (C=O) groups is 5. The first-order valence-corrected chi connectivity index (χ1v) is 14.5. The number of hydrogen-bond acceptors (Lipinski definition) is 8. The summed E-state index contributed by atoms with van der Waals surface area (Å²) in [4.78, 5) is 68.1. The van der Waals surface area contributed by atoms with Crippen molar-refractivity contribution in [3.8, 4) is 0 Å². The summed E-state index contributed by atoms with van der Waals surface area (Å²) in [6.07, 6.45) is 4.36. The van der Waals surface area contributed by atoms with Gasteiger partial charge in [0.2, 0.25) is 29.5 Å². The van der Waals surface area contributed by atoms with Crippen LogP contribution >= 0.6 is 0 Å². The van der Waals surface area contributed by atoms with Crippen LogP contribution in [0, 0.1) is 0 Å². The number of likely N-dealkylation sites (N-methyl/N-ethyl adjacent to an activating group) is 1. The van der Waals surface area contributed by atoms with E-state index in [-0.39, 0.29) is 44.3 Å². The molecule has 2 aromatic heterocycles. The van der Waals surface area contributed by atoms with Gasteiger partial charge in [-0.2, -0.15) is 0 Å². The number of aryl methyl sites for hydroxylation is 2. The molecule has 43 heavy (non-hydrogen) atoms. The number of hydrogen-bond donors (Lipinski definition) is 6. The fraction of sp³-hybridized carbons (Fsp3) is 0.483. The lowest BCUT2D eigenvalue weighted by molar-refractivity contribution is -0.129. The van der Waals surface area contributed by atoms with Crippen molar-refractivity contribution in [2.75, 3.05) is 39.0 Å². The number of para-hydroxylation sites is 1. The Morgan fingerprint density at radius 1 is 0.791 bits per heavy atom. The number of carbonyl (C=O) groups excluding carboxylic acids is 5. The molecule has 1 aromatic carbocycles. The Balaban J connectivity index is 1.38. The molecule has 0 aliphatic rings. The maximum atomic E-state index is 12.2. The number of nitrogens with zero attached hydrogens (tertiary/aromatic N) is 3. The first-order chi connectivity index (χ1) is 20.7. The number of pyridine rings is 1. The Labute approximate surface area is 249 Å². The van der Waals surface area contributed by atoms with Crippen LogP contribution in [0.25, 0.3) is 21.9 Å². The zero-order valence-corrected chi connectivity index (χ0v) is 24.8. The SMILES string of the molecule is CCCCc1nc2c(N)nc3ccccc3c2n1CCCCNC(=O)CCC(=O)NCC(=O)NCC(=O)NCC(=O)NC. The van der Waals surface area contributed by atoms with Crippen LogP contribution in [0.4, 0.5) is 5.82 Å². The molecule has 0 fully saturated rings. The van der Waals surface area contributed by atoms with E-state index in [1.807, 2.05) is 24.3 Å². The average Bonchev–Trinajstić information content (AvgIpc) is 3.38. The number of imidazole rings is 1. The van der Waals surface area contributed by atoms with Gasteiger partial charge in [-0.3, -0.25) is 24.0 Å². The summed E-state index contributed by atoms with van der Waals surface area (Å²) in [6, 6.07) is 7.89.